The fourth-order valence-corrected chi connectivity index (χ4v) is 5.76. The molecular formula is C24H34N6O3S2. The zero-order chi connectivity index (χ0) is 25.2. The molecule has 2 N–H and O–H groups in total. The highest BCUT2D eigenvalue weighted by atomic mass is 32.2. The summed E-state index contributed by atoms with van der Waals surface area (Å²) in [7, 11) is 0.722. The Hall–Kier alpha value is -2.34. The van der Waals surface area contributed by atoms with Crippen LogP contribution in [0.1, 0.15) is 25.5 Å². The number of nitrogens with zero attached hydrogens (tertiary/aromatic N) is 4. The standard InChI is InChI=1S/C24H34N6O3S2/c1-17-16-33-14-13-30(17)21-15-20(24(9-10-24)35(4,31)32)27-22(28-21)18-5-7-19(8-6-18)26-23(34)25-11-12-29(2)3/h5-8,15,17H,9-14,16H2,1-4H3,(H2,25,26,34)/t17-/m0/s1. The number of benzene rings is 1. The van der Waals surface area contributed by atoms with Gasteiger partial charge in [-0.25, -0.2) is 18.4 Å². The molecule has 0 bridgehead atoms. The molecule has 1 aliphatic carbocycles. The summed E-state index contributed by atoms with van der Waals surface area (Å²) in [4.78, 5) is 13.9. The molecule has 35 heavy (non-hydrogen) atoms. The van der Waals surface area contributed by atoms with Crippen LogP contribution in [0.5, 0.6) is 0 Å². The van der Waals surface area contributed by atoms with Crippen molar-refractivity contribution in [2.45, 2.75) is 30.6 Å². The van der Waals surface area contributed by atoms with Crippen LogP contribution in [-0.4, -0.2) is 87.6 Å². The third kappa shape index (κ3) is 5.91. The molecule has 2 aliphatic rings. The van der Waals surface area contributed by atoms with Gasteiger partial charge in [-0.2, -0.15) is 0 Å². The van der Waals surface area contributed by atoms with E-state index in [2.05, 4.69) is 27.4 Å². The Morgan fingerprint density at radius 1 is 1.26 bits per heavy atom. The van der Waals surface area contributed by atoms with Gasteiger partial charge in [0.25, 0.3) is 0 Å². The fraction of sp³-hybridized carbons (Fsp3) is 0.542. The number of thiocarbonyl (C=S) groups is 1. The highest BCUT2D eigenvalue weighted by molar-refractivity contribution is 7.92. The van der Waals surface area contributed by atoms with Crippen molar-refractivity contribution in [3.05, 3.63) is 36.0 Å². The fourth-order valence-electron chi connectivity index (χ4n) is 4.21. The number of nitrogens with one attached hydrogen (secondary N) is 2. The Morgan fingerprint density at radius 2 is 1.97 bits per heavy atom. The molecule has 0 radical (unpaired) electrons. The number of likely N-dealkylation sites (N-methyl/N-ethyl adjacent to an activating group) is 1. The van der Waals surface area contributed by atoms with E-state index >= 15 is 0 Å². The minimum atomic E-state index is -3.31. The minimum absolute atomic E-state index is 0.139. The highest BCUT2D eigenvalue weighted by Crippen LogP contribution is 2.52. The van der Waals surface area contributed by atoms with E-state index in [4.69, 9.17) is 26.9 Å². The van der Waals surface area contributed by atoms with Crippen molar-refractivity contribution < 1.29 is 13.2 Å². The first-order valence-electron chi connectivity index (χ1n) is 11.8. The molecular weight excluding hydrogens is 484 g/mol. The van der Waals surface area contributed by atoms with Gasteiger partial charge in [0.1, 0.15) is 10.6 Å². The van der Waals surface area contributed by atoms with Gasteiger partial charge in [-0.1, -0.05) is 0 Å². The van der Waals surface area contributed by atoms with Crippen LogP contribution in [0.3, 0.4) is 0 Å². The zero-order valence-corrected chi connectivity index (χ0v) is 22.4. The van der Waals surface area contributed by atoms with Crippen molar-refractivity contribution in [2.24, 2.45) is 0 Å². The average Bonchev–Trinajstić information content (AvgIpc) is 3.62. The van der Waals surface area contributed by atoms with E-state index in [0.29, 0.717) is 49.2 Å². The number of morpholine rings is 1. The zero-order valence-electron chi connectivity index (χ0n) is 20.7. The molecule has 0 amide bonds. The normalized spacial score (nSPS) is 19.5. The molecule has 11 heteroatoms. The van der Waals surface area contributed by atoms with Crippen LogP contribution in [0.2, 0.25) is 0 Å². The van der Waals surface area contributed by atoms with Gasteiger partial charge in [-0.15, -0.1) is 0 Å². The molecule has 1 saturated heterocycles. The van der Waals surface area contributed by atoms with Gasteiger partial charge < -0.3 is 25.2 Å². The van der Waals surface area contributed by atoms with E-state index in [-0.39, 0.29) is 6.04 Å². The van der Waals surface area contributed by atoms with Gasteiger partial charge >= 0.3 is 0 Å². The molecule has 1 atom stereocenters. The number of sulfone groups is 1. The first kappa shape index (κ1) is 25.7. The van der Waals surface area contributed by atoms with Gasteiger partial charge in [-0.3, -0.25) is 0 Å². The van der Waals surface area contributed by atoms with Gasteiger partial charge in [-0.05, 0) is 70.3 Å². The second-order valence-corrected chi connectivity index (χ2v) is 12.3. The maximum atomic E-state index is 12.7. The van der Waals surface area contributed by atoms with Crippen molar-refractivity contribution in [1.82, 2.24) is 20.2 Å². The molecule has 1 aromatic heterocycles. The Morgan fingerprint density at radius 3 is 2.57 bits per heavy atom. The Labute approximate surface area is 213 Å². The number of anilines is 2. The van der Waals surface area contributed by atoms with Gasteiger partial charge in [0, 0.05) is 43.2 Å². The van der Waals surface area contributed by atoms with Crippen LogP contribution in [0.4, 0.5) is 11.5 Å². The summed E-state index contributed by atoms with van der Waals surface area (Å²) >= 11 is 5.38. The van der Waals surface area contributed by atoms with E-state index in [9.17, 15) is 8.42 Å². The summed E-state index contributed by atoms with van der Waals surface area (Å²) in [5.74, 6) is 1.26. The molecule has 1 saturated carbocycles. The van der Waals surface area contributed by atoms with E-state index in [1.54, 1.807) is 0 Å². The Balaban J connectivity index is 1.60. The lowest BCUT2D eigenvalue weighted by atomic mass is 10.1. The molecule has 190 valence electrons. The van der Waals surface area contributed by atoms with Crippen LogP contribution < -0.4 is 15.5 Å². The largest absolute Gasteiger partial charge is 0.377 e. The molecule has 1 aromatic carbocycles. The summed E-state index contributed by atoms with van der Waals surface area (Å²) in [6.45, 7) is 5.63. The summed E-state index contributed by atoms with van der Waals surface area (Å²) in [6.07, 6.45) is 2.47. The lowest BCUT2D eigenvalue weighted by molar-refractivity contribution is 0.0985. The molecule has 9 nitrogen and oxygen atoms in total. The highest BCUT2D eigenvalue weighted by Gasteiger charge is 2.55. The van der Waals surface area contributed by atoms with Crippen molar-refractivity contribution >= 4 is 38.7 Å². The molecule has 4 rings (SSSR count). The summed E-state index contributed by atoms with van der Waals surface area (Å²) < 4.78 is 30.0. The minimum Gasteiger partial charge on any atom is -0.377 e. The monoisotopic (exact) mass is 518 g/mol. The predicted octanol–water partition coefficient (Wildman–Crippen LogP) is 2.25. The lowest BCUT2D eigenvalue weighted by Gasteiger charge is -2.34. The number of hydrogen-bond donors (Lipinski definition) is 2. The number of aromatic nitrogens is 2. The molecule has 2 fully saturated rings. The van der Waals surface area contributed by atoms with Crippen molar-refractivity contribution in [1.29, 1.82) is 0 Å². The maximum absolute atomic E-state index is 12.7. The summed E-state index contributed by atoms with van der Waals surface area (Å²) in [6, 6.07) is 9.69. The summed E-state index contributed by atoms with van der Waals surface area (Å²) in [5.41, 5.74) is 2.24. The number of ether oxygens (including phenoxy) is 1. The smallest absolute Gasteiger partial charge is 0.170 e. The third-order valence-electron chi connectivity index (χ3n) is 6.50. The van der Waals surface area contributed by atoms with Crippen molar-refractivity contribution in [3.8, 4) is 11.4 Å². The number of hydrogen-bond acceptors (Lipinski definition) is 8. The van der Waals surface area contributed by atoms with E-state index in [1.807, 2.05) is 44.4 Å². The van der Waals surface area contributed by atoms with Gasteiger partial charge in [0.05, 0.1) is 24.9 Å². The van der Waals surface area contributed by atoms with E-state index < -0.39 is 14.6 Å². The number of rotatable bonds is 8. The predicted molar refractivity (Wildman–Crippen MR) is 144 cm³/mol. The van der Waals surface area contributed by atoms with Crippen LogP contribution >= 0.6 is 12.2 Å². The lowest BCUT2D eigenvalue weighted by Crippen LogP contribution is -2.44. The van der Waals surface area contributed by atoms with Crippen LogP contribution in [-0.2, 0) is 19.3 Å². The first-order valence-corrected chi connectivity index (χ1v) is 14.1. The molecule has 0 unspecified atom stereocenters. The SMILES string of the molecule is C[C@H]1COCCN1c1cc(C2(S(C)(=O)=O)CC2)nc(-c2ccc(NC(=S)NCCN(C)C)cc2)n1. The topological polar surface area (TPSA) is 99.7 Å². The van der Waals surface area contributed by atoms with Gasteiger partial charge in [0.15, 0.2) is 20.8 Å². The van der Waals surface area contributed by atoms with Crippen molar-refractivity contribution in [2.75, 3.05) is 63.4 Å². The second kappa shape index (κ2) is 10.3. The van der Waals surface area contributed by atoms with E-state index in [0.717, 1.165) is 30.2 Å². The maximum Gasteiger partial charge on any atom is 0.170 e. The Kier molecular flexibility index (Phi) is 7.60. The third-order valence-corrected chi connectivity index (χ3v) is 8.78. The van der Waals surface area contributed by atoms with Crippen molar-refractivity contribution in [3.63, 3.8) is 0 Å². The molecule has 2 aromatic rings. The molecule has 1 aliphatic heterocycles. The first-order chi connectivity index (χ1) is 16.6. The average molecular weight is 519 g/mol. The molecule has 2 heterocycles. The second-order valence-electron chi connectivity index (χ2n) is 9.58. The molecule has 0 spiro atoms. The van der Waals surface area contributed by atoms with E-state index in [1.165, 1.54) is 6.26 Å². The Bertz CT molecular complexity index is 1170. The van der Waals surface area contributed by atoms with Crippen LogP contribution in [0.15, 0.2) is 30.3 Å². The van der Waals surface area contributed by atoms with Crippen LogP contribution in [0, 0.1) is 0 Å². The summed E-state index contributed by atoms with van der Waals surface area (Å²) in [5, 5.41) is 6.93. The van der Waals surface area contributed by atoms with Gasteiger partial charge in [0.2, 0.25) is 0 Å². The quantitative estimate of drug-likeness (QED) is 0.506. The van der Waals surface area contributed by atoms with Crippen LogP contribution in [0.25, 0.3) is 11.4 Å².